The second-order valence-electron chi connectivity index (χ2n) is 5.92. The van der Waals surface area contributed by atoms with Crippen LogP contribution in [0.2, 0.25) is 0 Å². The predicted octanol–water partition coefficient (Wildman–Crippen LogP) is 3.51. The summed E-state index contributed by atoms with van der Waals surface area (Å²) in [7, 11) is 0. The average molecular weight is 311 g/mol. The summed E-state index contributed by atoms with van der Waals surface area (Å²) in [5.41, 5.74) is 0.588. The van der Waals surface area contributed by atoms with Gasteiger partial charge in [0.1, 0.15) is 11.5 Å². The Morgan fingerprint density at radius 3 is 2.39 bits per heavy atom. The molecule has 2 aromatic carbocycles. The van der Waals surface area contributed by atoms with Crippen molar-refractivity contribution < 1.29 is 14.6 Å². The maximum absolute atomic E-state index is 12.4. The fraction of sp³-hybridized carbons (Fsp3) is 0.316. The van der Waals surface area contributed by atoms with E-state index in [9.17, 15) is 9.90 Å². The third kappa shape index (κ3) is 4.33. The number of para-hydroxylation sites is 1. The molecule has 1 aliphatic carbocycles. The zero-order valence-corrected chi connectivity index (χ0v) is 12.9. The van der Waals surface area contributed by atoms with E-state index in [1.54, 1.807) is 12.1 Å². The number of benzene rings is 2. The van der Waals surface area contributed by atoms with Crippen LogP contribution in [0.25, 0.3) is 0 Å². The van der Waals surface area contributed by atoms with Crippen LogP contribution in [0.5, 0.6) is 11.5 Å². The molecule has 1 aliphatic rings. The highest BCUT2D eigenvalue weighted by Crippen LogP contribution is 2.23. The van der Waals surface area contributed by atoms with Crippen LogP contribution in [0.1, 0.15) is 36.0 Å². The fourth-order valence-corrected chi connectivity index (χ4v) is 2.81. The molecule has 3 rings (SSSR count). The maximum Gasteiger partial charge on any atom is 0.251 e. The molecule has 0 bridgehead atoms. The lowest BCUT2D eigenvalue weighted by Gasteiger charge is -2.26. The smallest absolute Gasteiger partial charge is 0.251 e. The zero-order chi connectivity index (χ0) is 16.1. The van der Waals surface area contributed by atoms with E-state index in [-0.39, 0.29) is 18.1 Å². The molecule has 2 N–H and O–H groups in total. The normalized spacial score (nSPS) is 20.7. The Bertz CT molecular complexity index is 649. The van der Waals surface area contributed by atoms with Gasteiger partial charge < -0.3 is 15.2 Å². The lowest BCUT2D eigenvalue weighted by molar-refractivity contribution is 0.0867. The van der Waals surface area contributed by atoms with Crippen molar-refractivity contribution in [3.05, 3.63) is 60.2 Å². The van der Waals surface area contributed by atoms with Gasteiger partial charge in [0.15, 0.2) is 0 Å². The third-order valence-corrected chi connectivity index (χ3v) is 4.11. The van der Waals surface area contributed by atoms with Crippen LogP contribution in [0.15, 0.2) is 54.6 Å². The van der Waals surface area contributed by atoms with Gasteiger partial charge in [-0.25, -0.2) is 0 Å². The molecule has 0 atom stereocenters. The van der Waals surface area contributed by atoms with E-state index in [1.165, 1.54) is 0 Å². The van der Waals surface area contributed by atoms with E-state index in [2.05, 4.69) is 5.32 Å². The second kappa shape index (κ2) is 7.29. The Labute approximate surface area is 136 Å². The molecule has 4 heteroatoms. The van der Waals surface area contributed by atoms with Crippen molar-refractivity contribution in [2.45, 2.75) is 37.8 Å². The lowest BCUT2D eigenvalue weighted by atomic mass is 9.93. The molecule has 1 saturated carbocycles. The van der Waals surface area contributed by atoms with Gasteiger partial charge >= 0.3 is 0 Å². The Balaban J connectivity index is 1.63. The van der Waals surface area contributed by atoms with Crippen LogP contribution in [-0.4, -0.2) is 23.2 Å². The largest absolute Gasteiger partial charge is 0.457 e. The number of hydrogen-bond acceptors (Lipinski definition) is 3. The molecule has 1 fully saturated rings. The minimum Gasteiger partial charge on any atom is -0.457 e. The molecule has 4 nitrogen and oxygen atoms in total. The van der Waals surface area contributed by atoms with Crippen LogP contribution in [-0.2, 0) is 0 Å². The molecular weight excluding hydrogens is 290 g/mol. The van der Waals surface area contributed by atoms with Gasteiger partial charge in [-0.2, -0.15) is 0 Å². The monoisotopic (exact) mass is 311 g/mol. The number of amides is 1. The Morgan fingerprint density at radius 1 is 0.957 bits per heavy atom. The highest BCUT2D eigenvalue weighted by Gasteiger charge is 2.21. The highest BCUT2D eigenvalue weighted by atomic mass is 16.5. The van der Waals surface area contributed by atoms with Crippen molar-refractivity contribution in [1.29, 1.82) is 0 Å². The van der Waals surface area contributed by atoms with Crippen LogP contribution >= 0.6 is 0 Å². The van der Waals surface area contributed by atoms with Gasteiger partial charge in [0.2, 0.25) is 0 Å². The molecule has 0 heterocycles. The average Bonchev–Trinajstić information content (AvgIpc) is 2.58. The number of carbonyl (C=O) groups excluding carboxylic acids is 1. The van der Waals surface area contributed by atoms with Gasteiger partial charge in [-0.15, -0.1) is 0 Å². The molecule has 0 spiro atoms. The zero-order valence-electron chi connectivity index (χ0n) is 12.9. The molecule has 0 aromatic heterocycles. The molecular formula is C19H21NO3. The van der Waals surface area contributed by atoms with Crippen molar-refractivity contribution in [2.24, 2.45) is 0 Å². The topological polar surface area (TPSA) is 58.6 Å². The standard InChI is InChI=1S/C19H21NO3/c21-16-11-9-15(10-12-16)20-19(22)14-5-4-8-18(13-14)23-17-6-2-1-3-7-17/h1-8,13,15-16,21H,9-12H2,(H,20,22). The summed E-state index contributed by atoms with van der Waals surface area (Å²) in [6.07, 6.45) is 2.94. The van der Waals surface area contributed by atoms with E-state index in [4.69, 9.17) is 4.74 Å². The molecule has 0 saturated heterocycles. The first-order chi connectivity index (χ1) is 11.2. The second-order valence-corrected chi connectivity index (χ2v) is 5.92. The first-order valence-corrected chi connectivity index (χ1v) is 8.02. The van der Waals surface area contributed by atoms with E-state index < -0.39 is 0 Å². The predicted molar refractivity (Wildman–Crippen MR) is 88.7 cm³/mol. The van der Waals surface area contributed by atoms with Crippen LogP contribution in [0.3, 0.4) is 0 Å². The number of nitrogens with one attached hydrogen (secondary N) is 1. The van der Waals surface area contributed by atoms with E-state index in [0.717, 1.165) is 31.4 Å². The van der Waals surface area contributed by atoms with Crippen LogP contribution in [0, 0.1) is 0 Å². The summed E-state index contributed by atoms with van der Waals surface area (Å²) in [5, 5.41) is 12.6. The molecule has 23 heavy (non-hydrogen) atoms. The van der Waals surface area contributed by atoms with Crippen molar-refractivity contribution in [2.75, 3.05) is 0 Å². The maximum atomic E-state index is 12.4. The number of rotatable bonds is 4. The van der Waals surface area contributed by atoms with Crippen LogP contribution < -0.4 is 10.1 Å². The molecule has 0 radical (unpaired) electrons. The van der Waals surface area contributed by atoms with Crippen molar-refractivity contribution >= 4 is 5.91 Å². The number of ether oxygens (including phenoxy) is 1. The number of aliphatic hydroxyl groups excluding tert-OH is 1. The quantitative estimate of drug-likeness (QED) is 0.908. The molecule has 120 valence electrons. The summed E-state index contributed by atoms with van der Waals surface area (Å²) in [5.74, 6) is 1.29. The van der Waals surface area contributed by atoms with Crippen LogP contribution in [0.4, 0.5) is 0 Å². The number of aliphatic hydroxyl groups is 1. The van der Waals surface area contributed by atoms with Gasteiger partial charge in [-0.05, 0) is 56.0 Å². The minimum absolute atomic E-state index is 0.0927. The number of hydrogen-bond donors (Lipinski definition) is 2. The summed E-state index contributed by atoms with van der Waals surface area (Å²) < 4.78 is 5.76. The third-order valence-electron chi connectivity index (χ3n) is 4.11. The first kappa shape index (κ1) is 15.6. The van der Waals surface area contributed by atoms with Gasteiger partial charge in [0.05, 0.1) is 6.10 Å². The summed E-state index contributed by atoms with van der Waals surface area (Å²) in [6, 6.07) is 16.8. The van der Waals surface area contributed by atoms with Crippen molar-refractivity contribution in [1.82, 2.24) is 5.32 Å². The molecule has 0 aliphatic heterocycles. The van der Waals surface area contributed by atoms with Crippen molar-refractivity contribution in [3.63, 3.8) is 0 Å². The van der Waals surface area contributed by atoms with E-state index in [1.807, 2.05) is 42.5 Å². The minimum atomic E-state index is -0.217. The Hall–Kier alpha value is -2.33. The summed E-state index contributed by atoms with van der Waals surface area (Å²) >= 11 is 0. The number of carbonyl (C=O) groups is 1. The SMILES string of the molecule is O=C(NC1CCC(O)CC1)c1cccc(Oc2ccccc2)c1. The van der Waals surface area contributed by atoms with Gasteiger partial charge in [0, 0.05) is 11.6 Å². The molecule has 0 unspecified atom stereocenters. The van der Waals surface area contributed by atoms with Gasteiger partial charge in [-0.3, -0.25) is 4.79 Å². The van der Waals surface area contributed by atoms with E-state index >= 15 is 0 Å². The molecule has 2 aromatic rings. The highest BCUT2D eigenvalue weighted by molar-refractivity contribution is 5.94. The first-order valence-electron chi connectivity index (χ1n) is 8.02. The lowest BCUT2D eigenvalue weighted by Crippen LogP contribution is -2.38. The molecule has 1 amide bonds. The summed E-state index contributed by atoms with van der Waals surface area (Å²) in [6.45, 7) is 0. The summed E-state index contributed by atoms with van der Waals surface area (Å²) in [4.78, 5) is 12.4. The van der Waals surface area contributed by atoms with Gasteiger partial charge in [0.25, 0.3) is 5.91 Å². The van der Waals surface area contributed by atoms with Gasteiger partial charge in [-0.1, -0.05) is 24.3 Å². The fourth-order valence-electron chi connectivity index (χ4n) is 2.81. The van der Waals surface area contributed by atoms with E-state index in [0.29, 0.717) is 11.3 Å². The Kier molecular flexibility index (Phi) is 4.93. The Morgan fingerprint density at radius 2 is 1.65 bits per heavy atom. The van der Waals surface area contributed by atoms with Crippen molar-refractivity contribution in [3.8, 4) is 11.5 Å².